The predicted molar refractivity (Wildman–Crippen MR) is 122 cm³/mol. The maximum absolute atomic E-state index is 12.8. The summed E-state index contributed by atoms with van der Waals surface area (Å²) in [7, 11) is 4.69. The predicted octanol–water partition coefficient (Wildman–Crippen LogP) is 2.16. The molecule has 1 fully saturated rings. The molecule has 10 heteroatoms. The van der Waals surface area contributed by atoms with Gasteiger partial charge >= 0.3 is 5.97 Å². The number of nitrogens with zero attached hydrogens (tertiary/aromatic N) is 4. The number of aromatic nitrogens is 2. The van der Waals surface area contributed by atoms with Crippen molar-refractivity contribution in [3.8, 4) is 28.5 Å². The van der Waals surface area contributed by atoms with Gasteiger partial charge < -0.3 is 28.7 Å². The first kappa shape index (κ1) is 24.1. The van der Waals surface area contributed by atoms with Crippen molar-refractivity contribution in [3.63, 3.8) is 0 Å². The number of hydrogen-bond acceptors (Lipinski definition) is 9. The van der Waals surface area contributed by atoms with Crippen molar-refractivity contribution >= 4 is 17.8 Å². The zero-order valence-corrected chi connectivity index (χ0v) is 19.9. The SMILES string of the molecule is COc1cc(-c2ccnc(N3CCN(C(=O)C(C)(C)OC(C)=O)CC3)n2)cc(OC)c1OC. The average molecular weight is 459 g/mol. The van der Waals surface area contributed by atoms with Crippen LogP contribution in [0.2, 0.25) is 0 Å². The standard InChI is InChI=1S/C23H30N4O6/c1-15(28)33-23(2,3)21(29)26-9-11-27(12-10-26)22-24-8-7-17(25-22)16-13-18(30-4)20(32-6)19(14-16)31-5/h7-8,13-14H,9-12H2,1-6H3. The number of methoxy groups -OCH3 is 3. The number of anilines is 1. The highest BCUT2D eigenvalue weighted by atomic mass is 16.6. The molecule has 0 unspecified atom stereocenters. The summed E-state index contributed by atoms with van der Waals surface area (Å²) in [6.07, 6.45) is 1.70. The van der Waals surface area contributed by atoms with Crippen molar-refractivity contribution in [1.29, 1.82) is 0 Å². The first-order valence-electron chi connectivity index (χ1n) is 10.6. The zero-order valence-electron chi connectivity index (χ0n) is 19.9. The maximum Gasteiger partial charge on any atom is 0.303 e. The summed E-state index contributed by atoms with van der Waals surface area (Å²) in [5, 5.41) is 0. The molecular formula is C23H30N4O6. The second-order valence-electron chi connectivity index (χ2n) is 8.04. The van der Waals surface area contributed by atoms with Gasteiger partial charge in [-0.3, -0.25) is 9.59 Å². The highest BCUT2D eigenvalue weighted by molar-refractivity contribution is 5.87. The second kappa shape index (κ2) is 9.93. The van der Waals surface area contributed by atoms with Crippen molar-refractivity contribution in [2.45, 2.75) is 26.4 Å². The van der Waals surface area contributed by atoms with E-state index in [1.165, 1.54) is 6.92 Å². The third-order valence-corrected chi connectivity index (χ3v) is 5.37. The van der Waals surface area contributed by atoms with Crippen LogP contribution in [-0.2, 0) is 14.3 Å². The molecule has 2 aromatic rings. The Morgan fingerprint density at radius 2 is 1.58 bits per heavy atom. The van der Waals surface area contributed by atoms with Crippen LogP contribution in [-0.4, -0.2) is 79.9 Å². The van der Waals surface area contributed by atoms with Crippen LogP contribution in [0, 0.1) is 0 Å². The smallest absolute Gasteiger partial charge is 0.303 e. The van der Waals surface area contributed by atoms with E-state index >= 15 is 0 Å². The third-order valence-electron chi connectivity index (χ3n) is 5.37. The Morgan fingerprint density at radius 1 is 0.970 bits per heavy atom. The highest BCUT2D eigenvalue weighted by Gasteiger charge is 2.36. The van der Waals surface area contributed by atoms with E-state index in [0.717, 1.165) is 5.56 Å². The number of rotatable bonds is 7. The lowest BCUT2D eigenvalue weighted by atomic mass is 10.1. The van der Waals surface area contributed by atoms with Crippen molar-refractivity contribution in [2.75, 3.05) is 52.4 Å². The second-order valence-corrected chi connectivity index (χ2v) is 8.04. The maximum atomic E-state index is 12.8. The lowest BCUT2D eigenvalue weighted by Gasteiger charge is -2.38. The van der Waals surface area contributed by atoms with Gasteiger partial charge in [0, 0.05) is 44.9 Å². The van der Waals surface area contributed by atoms with Crippen LogP contribution >= 0.6 is 0 Å². The largest absolute Gasteiger partial charge is 0.493 e. The van der Waals surface area contributed by atoms with Gasteiger partial charge in [-0.1, -0.05) is 0 Å². The van der Waals surface area contributed by atoms with Crippen LogP contribution in [0.25, 0.3) is 11.3 Å². The first-order valence-corrected chi connectivity index (χ1v) is 10.6. The molecule has 0 N–H and O–H groups in total. The molecule has 0 aliphatic carbocycles. The third kappa shape index (κ3) is 5.27. The lowest BCUT2D eigenvalue weighted by Crippen LogP contribution is -2.55. The molecule has 0 spiro atoms. The van der Waals surface area contributed by atoms with Gasteiger partial charge in [-0.15, -0.1) is 0 Å². The Bertz CT molecular complexity index is 993. The summed E-state index contributed by atoms with van der Waals surface area (Å²) in [4.78, 5) is 36.9. The number of carbonyl (C=O) groups is 2. The number of benzene rings is 1. The molecule has 0 bridgehead atoms. The molecule has 1 aromatic carbocycles. The fourth-order valence-electron chi connectivity index (χ4n) is 3.78. The van der Waals surface area contributed by atoms with E-state index in [1.807, 2.05) is 23.1 Å². The number of piperazine rings is 1. The van der Waals surface area contributed by atoms with Gasteiger partial charge in [0.1, 0.15) is 0 Å². The quantitative estimate of drug-likeness (QED) is 0.577. The minimum atomic E-state index is -1.20. The Labute approximate surface area is 193 Å². The van der Waals surface area contributed by atoms with Gasteiger partial charge in [-0.25, -0.2) is 9.97 Å². The van der Waals surface area contributed by atoms with E-state index in [4.69, 9.17) is 23.9 Å². The van der Waals surface area contributed by atoms with Gasteiger partial charge in [0.2, 0.25) is 11.7 Å². The van der Waals surface area contributed by atoms with Gasteiger partial charge in [0.15, 0.2) is 17.1 Å². The van der Waals surface area contributed by atoms with E-state index in [-0.39, 0.29) is 5.91 Å². The van der Waals surface area contributed by atoms with Crippen LogP contribution < -0.4 is 19.1 Å². The van der Waals surface area contributed by atoms with Crippen LogP contribution in [0.15, 0.2) is 24.4 Å². The molecule has 2 heterocycles. The van der Waals surface area contributed by atoms with Crippen molar-refractivity contribution in [3.05, 3.63) is 24.4 Å². The molecule has 1 aliphatic rings. The summed E-state index contributed by atoms with van der Waals surface area (Å²) in [5.41, 5.74) is 0.301. The summed E-state index contributed by atoms with van der Waals surface area (Å²) in [6.45, 7) is 6.56. The molecule has 1 amide bonds. The zero-order chi connectivity index (χ0) is 24.2. The number of carbonyl (C=O) groups excluding carboxylic acids is 2. The fraction of sp³-hybridized carbons (Fsp3) is 0.478. The van der Waals surface area contributed by atoms with E-state index < -0.39 is 11.6 Å². The molecule has 0 saturated carbocycles. The molecular weight excluding hydrogens is 428 g/mol. The van der Waals surface area contributed by atoms with Gasteiger partial charge in [0.05, 0.1) is 27.0 Å². The number of ether oxygens (including phenoxy) is 4. The first-order chi connectivity index (χ1) is 15.7. The molecule has 0 atom stereocenters. The number of amides is 1. The number of esters is 1. The molecule has 178 valence electrons. The van der Waals surface area contributed by atoms with Crippen LogP contribution in [0.3, 0.4) is 0 Å². The van der Waals surface area contributed by atoms with Crippen LogP contribution in [0.1, 0.15) is 20.8 Å². The molecule has 1 aromatic heterocycles. The molecule has 0 radical (unpaired) electrons. The Hall–Kier alpha value is -3.56. The summed E-state index contributed by atoms with van der Waals surface area (Å²) >= 11 is 0. The van der Waals surface area contributed by atoms with Crippen molar-refractivity contribution < 1.29 is 28.5 Å². The monoisotopic (exact) mass is 458 g/mol. The van der Waals surface area contributed by atoms with Gasteiger partial charge in [0.25, 0.3) is 5.91 Å². The van der Waals surface area contributed by atoms with Crippen molar-refractivity contribution in [1.82, 2.24) is 14.9 Å². The van der Waals surface area contributed by atoms with E-state index in [9.17, 15) is 9.59 Å². The molecule has 10 nitrogen and oxygen atoms in total. The Morgan fingerprint density at radius 3 is 2.09 bits per heavy atom. The lowest BCUT2D eigenvalue weighted by molar-refractivity contribution is -0.168. The van der Waals surface area contributed by atoms with E-state index in [0.29, 0.717) is 55.1 Å². The Balaban J connectivity index is 1.77. The average Bonchev–Trinajstić information content (AvgIpc) is 2.81. The van der Waals surface area contributed by atoms with Crippen LogP contribution in [0.4, 0.5) is 5.95 Å². The molecule has 33 heavy (non-hydrogen) atoms. The topological polar surface area (TPSA) is 103 Å². The molecule has 1 saturated heterocycles. The molecule has 3 rings (SSSR count). The highest BCUT2D eigenvalue weighted by Crippen LogP contribution is 2.40. The molecule has 1 aliphatic heterocycles. The fourth-order valence-corrected chi connectivity index (χ4v) is 3.78. The number of hydrogen-bond donors (Lipinski definition) is 0. The van der Waals surface area contributed by atoms with E-state index in [1.54, 1.807) is 46.3 Å². The minimum Gasteiger partial charge on any atom is -0.493 e. The van der Waals surface area contributed by atoms with Crippen molar-refractivity contribution in [2.24, 2.45) is 0 Å². The van der Waals surface area contributed by atoms with Gasteiger partial charge in [-0.2, -0.15) is 0 Å². The minimum absolute atomic E-state index is 0.218. The summed E-state index contributed by atoms with van der Waals surface area (Å²) < 4.78 is 21.5. The summed E-state index contributed by atoms with van der Waals surface area (Å²) in [5.74, 6) is 1.44. The normalized spacial score (nSPS) is 14.0. The summed E-state index contributed by atoms with van der Waals surface area (Å²) in [6, 6.07) is 5.48. The van der Waals surface area contributed by atoms with Crippen LogP contribution in [0.5, 0.6) is 17.2 Å². The van der Waals surface area contributed by atoms with E-state index in [2.05, 4.69) is 4.98 Å². The van der Waals surface area contributed by atoms with Gasteiger partial charge in [-0.05, 0) is 32.0 Å². The Kier molecular flexibility index (Phi) is 7.25.